The molecule has 0 fully saturated rings. The summed E-state index contributed by atoms with van der Waals surface area (Å²) in [5.74, 6) is 0.488. The first-order valence-electron chi connectivity index (χ1n) is 8.34. The molecule has 3 aromatic carbocycles. The van der Waals surface area contributed by atoms with Crippen LogP contribution in [0.1, 0.15) is 30.9 Å². The molecule has 0 aliphatic carbocycles. The van der Waals surface area contributed by atoms with Crippen LogP contribution < -0.4 is 5.32 Å². The standard InChI is InChI=1S/C22H21NO2/c1-15(2)17-12-9-16(10-13-17)11-14-22(25)23-20-7-3-6-19-18(20)5-4-8-21(19)24/h3-15,24H,1-2H3,(H,23,25)/b14-11+. The number of carbonyl (C=O) groups is 1. The monoisotopic (exact) mass is 331 g/mol. The average molecular weight is 331 g/mol. The summed E-state index contributed by atoms with van der Waals surface area (Å²) in [6, 6.07) is 18.9. The van der Waals surface area contributed by atoms with E-state index in [1.54, 1.807) is 18.2 Å². The molecule has 3 heteroatoms. The zero-order valence-corrected chi connectivity index (χ0v) is 14.4. The summed E-state index contributed by atoms with van der Waals surface area (Å²) in [6.45, 7) is 4.31. The fourth-order valence-corrected chi connectivity index (χ4v) is 2.74. The predicted molar refractivity (Wildman–Crippen MR) is 104 cm³/mol. The lowest BCUT2D eigenvalue weighted by Crippen LogP contribution is -2.08. The maximum atomic E-state index is 12.2. The zero-order valence-electron chi connectivity index (χ0n) is 14.4. The third-order valence-corrected chi connectivity index (χ3v) is 4.19. The molecular weight excluding hydrogens is 310 g/mol. The van der Waals surface area contributed by atoms with E-state index in [0.717, 1.165) is 10.9 Å². The van der Waals surface area contributed by atoms with E-state index in [-0.39, 0.29) is 11.7 Å². The van der Waals surface area contributed by atoms with E-state index in [1.807, 2.05) is 36.4 Å². The highest BCUT2D eigenvalue weighted by atomic mass is 16.3. The van der Waals surface area contributed by atoms with Crippen LogP contribution >= 0.6 is 0 Å². The third kappa shape index (κ3) is 3.89. The lowest BCUT2D eigenvalue weighted by molar-refractivity contribution is -0.111. The summed E-state index contributed by atoms with van der Waals surface area (Å²) in [4.78, 5) is 12.2. The van der Waals surface area contributed by atoms with Crippen LogP contribution in [0, 0.1) is 0 Å². The third-order valence-electron chi connectivity index (χ3n) is 4.19. The summed E-state index contributed by atoms with van der Waals surface area (Å²) in [5, 5.41) is 14.3. The molecule has 0 radical (unpaired) electrons. The Balaban J connectivity index is 1.75. The Morgan fingerprint density at radius 3 is 2.36 bits per heavy atom. The van der Waals surface area contributed by atoms with Crippen LogP contribution in [-0.2, 0) is 4.79 Å². The molecule has 0 bridgehead atoms. The Bertz CT molecular complexity index is 924. The van der Waals surface area contributed by atoms with Crippen molar-refractivity contribution in [3.8, 4) is 5.75 Å². The summed E-state index contributed by atoms with van der Waals surface area (Å²) >= 11 is 0. The lowest BCUT2D eigenvalue weighted by Gasteiger charge is -2.08. The van der Waals surface area contributed by atoms with Gasteiger partial charge < -0.3 is 10.4 Å². The zero-order chi connectivity index (χ0) is 17.8. The highest BCUT2D eigenvalue weighted by Crippen LogP contribution is 2.29. The second-order valence-electron chi connectivity index (χ2n) is 6.32. The predicted octanol–water partition coefficient (Wildman–Crippen LogP) is 5.32. The first-order chi connectivity index (χ1) is 12.0. The molecule has 0 aromatic heterocycles. The smallest absolute Gasteiger partial charge is 0.248 e. The number of phenols is 1. The van der Waals surface area contributed by atoms with Gasteiger partial charge in [0.05, 0.1) is 0 Å². The summed E-state index contributed by atoms with van der Waals surface area (Å²) in [5.41, 5.74) is 2.94. The van der Waals surface area contributed by atoms with Gasteiger partial charge in [0.15, 0.2) is 0 Å². The number of hydrogen-bond acceptors (Lipinski definition) is 2. The van der Waals surface area contributed by atoms with E-state index in [1.165, 1.54) is 11.6 Å². The minimum absolute atomic E-state index is 0.203. The second-order valence-corrected chi connectivity index (χ2v) is 6.32. The number of benzene rings is 3. The minimum atomic E-state index is -0.205. The van der Waals surface area contributed by atoms with Gasteiger partial charge in [-0.15, -0.1) is 0 Å². The lowest BCUT2D eigenvalue weighted by atomic mass is 10.0. The van der Waals surface area contributed by atoms with E-state index in [9.17, 15) is 9.90 Å². The maximum Gasteiger partial charge on any atom is 0.248 e. The van der Waals surface area contributed by atoms with Crippen molar-refractivity contribution >= 4 is 28.4 Å². The number of anilines is 1. The molecule has 3 rings (SSSR count). The molecule has 126 valence electrons. The van der Waals surface area contributed by atoms with Crippen LogP contribution in [0.4, 0.5) is 5.69 Å². The number of hydrogen-bond donors (Lipinski definition) is 2. The Morgan fingerprint density at radius 2 is 1.64 bits per heavy atom. The topological polar surface area (TPSA) is 49.3 Å². The number of fused-ring (bicyclic) bond motifs is 1. The van der Waals surface area contributed by atoms with Crippen molar-refractivity contribution < 1.29 is 9.90 Å². The van der Waals surface area contributed by atoms with Crippen LogP contribution in [0.3, 0.4) is 0 Å². The van der Waals surface area contributed by atoms with Gasteiger partial charge >= 0.3 is 0 Å². The highest BCUT2D eigenvalue weighted by molar-refractivity contribution is 6.08. The number of aromatic hydroxyl groups is 1. The SMILES string of the molecule is CC(C)c1ccc(/C=C/C(=O)Nc2cccc3c(O)cccc23)cc1. The number of carbonyl (C=O) groups excluding carboxylic acids is 1. The van der Waals surface area contributed by atoms with Crippen LogP contribution in [0.5, 0.6) is 5.75 Å². The Kier molecular flexibility index (Phi) is 4.85. The van der Waals surface area contributed by atoms with Crippen molar-refractivity contribution in [2.75, 3.05) is 5.32 Å². The fraction of sp³-hybridized carbons (Fsp3) is 0.136. The first-order valence-corrected chi connectivity index (χ1v) is 8.34. The van der Waals surface area contributed by atoms with Crippen molar-refractivity contribution in [2.24, 2.45) is 0 Å². The van der Waals surface area contributed by atoms with E-state index >= 15 is 0 Å². The van der Waals surface area contributed by atoms with Gasteiger partial charge in [-0.1, -0.05) is 62.4 Å². The van der Waals surface area contributed by atoms with E-state index in [0.29, 0.717) is 17.0 Å². The van der Waals surface area contributed by atoms with Crippen LogP contribution in [-0.4, -0.2) is 11.0 Å². The van der Waals surface area contributed by atoms with Crippen molar-refractivity contribution in [3.63, 3.8) is 0 Å². The highest BCUT2D eigenvalue weighted by Gasteiger charge is 2.06. The Morgan fingerprint density at radius 1 is 0.960 bits per heavy atom. The van der Waals surface area contributed by atoms with Crippen molar-refractivity contribution in [2.45, 2.75) is 19.8 Å². The molecule has 0 heterocycles. The molecule has 25 heavy (non-hydrogen) atoms. The molecule has 3 nitrogen and oxygen atoms in total. The second kappa shape index (κ2) is 7.22. The van der Waals surface area contributed by atoms with Gasteiger partial charge in [0, 0.05) is 22.5 Å². The fourth-order valence-electron chi connectivity index (χ4n) is 2.74. The largest absolute Gasteiger partial charge is 0.507 e. The molecule has 1 amide bonds. The number of nitrogens with one attached hydrogen (secondary N) is 1. The van der Waals surface area contributed by atoms with Gasteiger partial charge in [-0.2, -0.15) is 0 Å². The minimum Gasteiger partial charge on any atom is -0.507 e. The molecule has 0 aliphatic heterocycles. The van der Waals surface area contributed by atoms with Gasteiger partial charge in [-0.05, 0) is 35.3 Å². The molecule has 0 saturated carbocycles. The van der Waals surface area contributed by atoms with Crippen LogP contribution in [0.2, 0.25) is 0 Å². The molecule has 0 aliphatic rings. The summed E-state index contributed by atoms with van der Waals surface area (Å²) in [7, 11) is 0. The van der Waals surface area contributed by atoms with Gasteiger partial charge in [0.2, 0.25) is 5.91 Å². The first kappa shape index (κ1) is 16.8. The average Bonchev–Trinajstić information content (AvgIpc) is 2.61. The number of phenolic OH excluding ortho intramolecular Hbond substituents is 1. The quantitative estimate of drug-likeness (QED) is 0.636. The Hall–Kier alpha value is -3.07. The molecule has 3 aromatic rings. The van der Waals surface area contributed by atoms with Gasteiger partial charge in [-0.3, -0.25) is 4.79 Å². The molecular formula is C22H21NO2. The van der Waals surface area contributed by atoms with E-state index in [4.69, 9.17) is 0 Å². The van der Waals surface area contributed by atoms with Crippen molar-refractivity contribution in [1.82, 2.24) is 0 Å². The molecule has 0 atom stereocenters. The maximum absolute atomic E-state index is 12.2. The normalized spacial score (nSPS) is 11.3. The van der Waals surface area contributed by atoms with Crippen molar-refractivity contribution in [1.29, 1.82) is 0 Å². The summed E-state index contributed by atoms with van der Waals surface area (Å²) in [6.07, 6.45) is 3.31. The van der Waals surface area contributed by atoms with Gasteiger partial charge in [-0.25, -0.2) is 0 Å². The van der Waals surface area contributed by atoms with Crippen LogP contribution in [0.15, 0.2) is 66.7 Å². The van der Waals surface area contributed by atoms with Gasteiger partial charge in [0.25, 0.3) is 0 Å². The summed E-state index contributed by atoms with van der Waals surface area (Å²) < 4.78 is 0. The number of rotatable bonds is 4. The Labute approximate surface area is 147 Å². The van der Waals surface area contributed by atoms with E-state index < -0.39 is 0 Å². The molecule has 0 saturated heterocycles. The molecule has 0 unspecified atom stereocenters. The van der Waals surface area contributed by atoms with Crippen LogP contribution in [0.25, 0.3) is 16.8 Å². The van der Waals surface area contributed by atoms with Gasteiger partial charge in [0.1, 0.15) is 5.75 Å². The van der Waals surface area contributed by atoms with E-state index in [2.05, 4.69) is 31.3 Å². The number of amides is 1. The molecule has 0 spiro atoms. The molecule has 2 N–H and O–H groups in total. The van der Waals surface area contributed by atoms with Crippen molar-refractivity contribution in [3.05, 3.63) is 77.9 Å².